The number of nitrogens with zero attached hydrogens (tertiary/aromatic N) is 4. The Morgan fingerprint density at radius 2 is 1.75 bits per heavy atom. The molecule has 4 rings (SSSR count). The Morgan fingerprint density at radius 1 is 0.938 bits per heavy atom. The van der Waals surface area contributed by atoms with Gasteiger partial charge in [0, 0.05) is 68.5 Å². The molecule has 0 bridgehead atoms. The van der Waals surface area contributed by atoms with Crippen molar-refractivity contribution < 1.29 is 4.79 Å². The molecule has 1 saturated heterocycles. The fraction of sp³-hybridized carbons (Fsp3) is 0.346. The molecule has 0 aliphatic carbocycles. The number of benzene rings is 1. The van der Waals surface area contributed by atoms with Gasteiger partial charge in [-0.15, -0.1) is 0 Å². The Kier molecular flexibility index (Phi) is 6.93. The largest absolute Gasteiger partial charge is 0.348 e. The highest BCUT2D eigenvalue weighted by Crippen LogP contribution is 2.22. The average molecular weight is 430 g/mol. The third kappa shape index (κ3) is 5.78. The maximum atomic E-state index is 13.0. The van der Waals surface area contributed by atoms with E-state index in [9.17, 15) is 4.79 Å². The molecule has 2 aromatic heterocycles. The molecule has 1 N–H and O–H groups in total. The topological polar surface area (TPSA) is 61.4 Å². The number of likely N-dealkylation sites (N-methyl/N-ethyl adjacent to an activating group) is 1. The zero-order valence-corrected chi connectivity index (χ0v) is 19.1. The van der Waals surface area contributed by atoms with Gasteiger partial charge >= 0.3 is 0 Å². The SMILES string of the molecule is Cc1ccc(-c2cc(CN3CCN(C)CC3)cc(C(=O)NCc3ccc(C)nc3)c2)nc1. The van der Waals surface area contributed by atoms with Crippen LogP contribution < -0.4 is 5.32 Å². The number of piperazine rings is 1. The highest BCUT2D eigenvalue weighted by atomic mass is 16.1. The first-order valence-corrected chi connectivity index (χ1v) is 11.1. The summed E-state index contributed by atoms with van der Waals surface area (Å²) in [6.45, 7) is 9.46. The van der Waals surface area contributed by atoms with E-state index in [2.05, 4.69) is 44.3 Å². The maximum absolute atomic E-state index is 13.0. The number of nitrogens with one attached hydrogen (secondary N) is 1. The number of carbonyl (C=O) groups is 1. The molecule has 0 radical (unpaired) electrons. The number of hydrogen-bond donors (Lipinski definition) is 1. The van der Waals surface area contributed by atoms with Gasteiger partial charge in [0.2, 0.25) is 0 Å². The second kappa shape index (κ2) is 10.0. The van der Waals surface area contributed by atoms with Gasteiger partial charge in [-0.2, -0.15) is 0 Å². The first-order valence-electron chi connectivity index (χ1n) is 11.1. The molecule has 0 unspecified atom stereocenters. The molecule has 1 amide bonds. The standard InChI is InChI=1S/C26H31N5O/c1-19-4-7-25(28-15-19)23-12-22(18-31-10-8-30(3)9-11-31)13-24(14-23)26(32)29-17-21-6-5-20(2)27-16-21/h4-7,12-16H,8-11,17-18H2,1-3H3,(H,29,32). The molecule has 0 spiro atoms. The van der Waals surface area contributed by atoms with Gasteiger partial charge in [-0.05, 0) is 67.9 Å². The van der Waals surface area contributed by atoms with E-state index in [0.29, 0.717) is 12.1 Å². The molecule has 32 heavy (non-hydrogen) atoms. The zero-order valence-electron chi connectivity index (χ0n) is 19.1. The number of carbonyl (C=O) groups excluding carboxylic acids is 1. The van der Waals surface area contributed by atoms with Gasteiger partial charge in [0.25, 0.3) is 5.91 Å². The Hall–Kier alpha value is -3.09. The summed E-state index contributed by atoms with van der Waals surface area (Å²) in [4.78, 5) is 26.7. The summed E-state index contributed by atoms with van der Waals surface area (Å²) in [5.41, 5.74) is 6.72. The van der Waals surface area contributed by atoms with Crippen LogP contribution in [0.3, 0.4) is 0 Å². The Bertz CT molecular complexity index is 1050. The predicted octanol–water partition coefficient (Wildman–Crippen LogP) is 3.44. The van der Waals surface area contributed by atoms with E-state index in [0.717, 1.165) is 66.4 Å². The lowest BCUT2D eigenvalue weighted by molar-refractivity contribution is 0.0950. The minimum atomic E-state index is -0.0841. The minimum absolute atomic E-state index is 0.0841. The van der Waals surface area contributed by atoms with Crippen molar-refractivity contribution in [3.8, 4) is 11.3 Å². The van der Waals surface area contributed by atoms with Crippen molar-refractivity contribution in [2.75, 3.05) is 33.2 Å². The summed E-state index contributed by atoms with van der Waals surface area (Å²) in [6.07, 6.45) is 3.67. The highest BCUT2D eigenvalue weighted by molar-refractivity contribution is 5.95. The van der Waals surface area contributed by atoms with Crippen molar-refractivity contribution in [1.82, 2.24) is 25.1 Å². The zero-order chi connectivity index (χ0) is 22.5. The number of aryl methyl sites for hydroxylation is 2. The molecule has 1 fully saturated rings. The van der Waals surface area contributed by atoms with Gasteiger partial charge < -0.3 is 10.2 Å². The van der Waals surface area contributed by atoms with Crippen LogP contribution in [0.2, 0.25) is 0 Å². The van der Waals surface area contributed by atoms with Crippen molar-refractivity contribution in [3.05, 3.63) is 82.8 Å². The van der Waals surface area contributed by atoms with Gasteiger partial charge in [0.15, 0.2) is 0 Å². The molecule has 3 heterocycles. The fourth-order valence-electron chi connectivity index (χ4n) is 3.85. The first kappa shape index (κ1) is 22.1. The van der Waals surface area contributed by atoms with Crippen LogP contribution in [-0.4, -0.2) is 58.9 Å². The summed E-state index contributed by atoms with van der Waals surface area (Å²) >= 11 is 0. The molecular formula is C26H31N5O. The van der Waals surface area contributed by atoms with E-state index in [-0.39, 0.29) is 5.91 Å². The Morgan fingerprint density at radius 3 is 2.44 bits per heavy atom. The molecule has 1 aliphatic heterocycles. The van der Waals surface area contributed by atoms with Crippen LogP contribution in [0, 0.1) is 13.8 Å². The van der Waals surface area contributed by atoms with Crippen LogP contribution in [0.25, 0.3) is 11.3 Å². The van der Waals surface area contributed by atoms with E-state index in [1.54, 1.807) is 6.20 Å². The van der Waals surface area contributed by atoms with Crippen LogP contribution in [0.15, 0.2) is 54.9 Å². The summed E-state index contributed by atoms with van der Waals surface area (Å²) in [5.74, 6) is -0.0841. The molecule has 3 aromatic rings. The average Bonchev–Trinajstić information content (AvgIpc) is 2.80. The van der Waals surface area contributed by atoms with Gasteiger partial charge in [-0.1, -0.05) is 12.1 Å². The molecule has 6 nitrogen and oxygen atoms in total. The predicted molar refractivity (Wildman–Crippen MR) is 127 cm³/mol. The number of pyridine rings is 2. The van der Waals surface area contributed by atoms with Crippen molar-refractivity contribution >= 4 is 5.91 Å². The quantitative estimate of drug-likeness (QED) is 0.650. The molecule has 0 saturated carbocycles. The normalized spacial score (nSPS) is 15.0. The lowest BCUT2D eigenvalue weighted by atomic mass is 10.0. The minimum Gasteiger partial charge on any atom is -0.348 e. The molecule has 6 heteroatoms. The van der Waals surface area contributed by atoms with Gasteiger partial charge in [-0.3, -0.25) is 19.7 Å². The second-order valence-electron chi connectivity index (χ2n) is 8.71. The molecular weight excluding hydrogens is 398 g/mol. The highest BCUT2D eigenvalue weighted by Gasteiger charge is 2.16. The number of amides is 1. The third-order valence-corrected chi connectivity index (χ3v) is 5.89. The summed E-state index contributed by atoms with van der Waals surface area (Å²) in [6, 6.07) is 14.1. The Balaban J connectivity index is 1.56. The van der Waals surface area contributed by atoms with Gasteiger partial charge in [0.1, 0.15) is 0 Å². The molecule has 0 atom stereocenters. The van der Waals surface area contributed by atoms with Crippen LogP contribution in [0.4, 0.5) is 0 Å². The van der Waals surface area contributed by atoms with E-state index in [1.807, 2.05) is 50.4 Å². The van der Waals surface area contributed by atoms with Crippen LogP contribution in [0.1, 0.15) is 32.7 Å². The number of rotatable bonds is 6. The van der Waals surface area contributed by atoms with Gasteiger partial charge in [0.05, 0.1) is 5.69 Å². The molecule has 1 aliphatic rings. The van der Waals surface area contributed by atoms with E-state index < -0.39 is 0 Å². The molecule has 166 valence electrons. The summed E-state index contributed by atoms with van der Waals surface area (Å²) < 4.78 is 0. The van der Waals surface area contributed by atoms with Crippen molar-refractivity contribution in [2.24, 2.45) is 0 Å². The van der Waals surface area contributed by atoms with E-state index in [4.69, 9.17) is 0 Å². The van der Waals surface area contributed by atoms with Crippen molar-refractivity contribution in [2.45, 2.75) is 26.9 Å². The van der Waals surface area contributed by atoms with Crippen LogP contribution in [0.5, 0.6) is 0 Å². The third-order valence-electron chi connectivity index (χ3n) is 5.89. The molecule has 1 aromatic carbocycles. The van der Waals surface area contributed by atoms with E-state index >= 15 is 0 Å². The smallest absolute Gasteiger partial charge is 0.251 e. The first-order chi connectivity index (χ1) is 15.5. The van der Waals surface area contributed by atoms with Crippen molar-refractivity contribution in [3.63, 3.8) is 0 Å². The lowest BCUT2D eigenvalue weighted by Gasteiger charge is -2.32. The fourth-order valence-corrected chi connectivity index (χ4v) is 3.85. The van der Waals surface area contributed by atoms with Crippen molar-refractivity contribution in [1.29, 1.82) is 0 Å². The summed E-state index contributed by atoms with van der Waals surface area (Å²) in [7, 11) is 2.16. The Labute approximate surface area is 190 Å². The second-order valence-corrected chi connectivity index (χ2v) is 8.71. The number of hydrogen-bond acceptors (Lipinski definition) is 5. The lowest BCUT2D eigenvalue weighted by Crippen LogP contribution is -2.43. The van der Waals surface area contributed by atoms with Crippen LogP contribution >= 0.6 is 0 Å². The summed E-state index contributed by atoms with van der Waals surface area (Å²) in [5, 5.41) is 3.04. The monoisotopic (exact) mass is 429 g/mol. The van der Waals surface area contributed by atoms with E-state index in [1.165, 1.54) is 0 Å². The van der Waals surface area contributed by atoms with Gasteiger partial charge in [-0.25, -0.2) is 0 Å². The number of aromatic nitrogens is 2. The van der Waals surface area contributed by atoms with Crippen LogP contribution in [-0.2, 0) is 13.1 Å². The maximum Gasteiger partial charge on any atom is 0.251 e.